The van der Waals surface area contributed by atoms with Crippen molar-refractivity contribution in [2.24, 2.45) is 7.05 Å². The highest BCUT2D eigenvalue weighted by Crippen LogP contribution is 2.36. The van der Waals surface area contributed by atoms with Gasteiger partial charge in [-0.3, -0.25) is 0 Å². The zero-order valence-electron chi connectivity index (χ0n) is 19.7. The Bertz CT molecular complexity index is 1370. The molecule has 0 N–H and O–H groups in total. The summed E-state index contributed by atoms with van der Waals surface area (Å²) >= 11 is 0. The zero-order chi connectivity index (χ0) is 21.9. The van der Waals surface area contributed by atoms with Gasteiger partial charge in [0.1, 0.15) is 0 Å². The molecule has 0 fully saturated rings. The predicted octanol–water partition coefficient (Wildman–Crippen LogP) is 9.32. The molecule has 4 aromatic carbocycles. The van der Waals surface area contributed by atoms with E-state index in [0.717, 1.165) is 0 Å². The van der Waals surface area contributed by atoms with E-state index in [-0.39, 0.29) is 0 Å². The average Bonchev–Trinajstić information content (AvgIpc) is 3.13. The van der Waals surface area contributed by atoms with Gasteiger partial charge in [-0.05, 0) is 40.6 Å². The smallest absolute Gasteiger partial charge is 0.0568 e. The largest absolute Gasteiger partial charge is 0.343 e. The molecule has 32 heavy (non-hydrogen) atoms. The number of hydrogen-bond donors (Lipinski definition) is 0. The number of aromatic nitrogens is 1. The van der Waals surface area contributed by atoms with Crippen molar-refractivity contribution >= 4 is 43.4 Å². The summed E-state index contributed by atoms with van der Waals surface area (Å²) in [5.41, 5.74) is 4.12. The highest BCUT2D eigenvalue weighted by atomic mass is 14.9. The molecule has 0 amide bonds. The fourth-order valence-electron chi connectivity index (χ4n) is 5.49. The van der Waals surface area contributed by atoms with Crippen molar-refractivity contribution in [3.63, 3.8) is 0 Å². The Kier molecular flexibility index (Phi) is 6.17. The molecule has 0 saturated heterocycles. The van der Waals surface area contributed by atoms with Crippen molar-refractivity contribution in [1.29, 1.82) is 0 Å². The summed E-state index contributed by atoms with van der Waals surface area (Å²) in [6.45, 7) is 2.29. The molecule has 0 radical (unpaired) electrons. The van der Waals surface area contributed by atoms with Crippen molar-refractivity contribution in [2.45, 2.75) is 64.7 Å². The minimum atomic E-state index is 1.20. The molecule has 0 spiro atoms. The van der Waals surface area contributed by atoms with Crippen LogP contribution in [0.15, 0.2) is 66.7 Å². The minimum absolute atomic E-state index is 1.20. The Hall–Kier alpha value is -2.80. The van der Waals surface area contributed by atoms with Gasteiger partial charge in [0.15, 0.2) is 0 Å². The van der Waals surface area contributed by atoms with E-state index < -0.39 is 0 Å². The third-order valence-electron chi connectivity index (χ3n) is 7.26. The van der Waals surface area contributed by atoms with Crippen LogP contribution in [-0.2, 0) is 13.5 Å². The molecule has 5 aromatic rings. The summed E-state index contributed by atoms with van der Waals surface area (Å²) in [5, 5.41) is 8.14. The van der Waals surface area contributed by atoms with Gasteiger partial charge in [0.2, 0.25) is 0 Å². The zero-order valence-corrected chi connectivity index (χ0v) is 19.7. The predicted molar refractivity (Wildman–Crippen MR) is 142 cm³/mol. The number of rotatable bonds is 9. The molecule has 0 unspecified atom stereocenters. The number of nitrogens with zero attached hydrogens (tertiary/aromatic N) is 1. The van der Waals surface area contributed by atoms with E-state index in [2.05, 4.69) is 85.3 Å². The summed E-state index contributed by atoms with van der Waals surface area (Å²) in [6.07, 6.45) is 12.2. The van der Waals surface area contributed by atoms with Gasteiger partial charge < -0.3 is 4.57 Å². The van der Waals surface area contributed by atoms with E-state index in [1.54, 1.807) is 0 Å². The lowest BCUT2D eigenvalue weighted by molar-refractivity contribution is 0.575. The highest BCUT2D eigenvalue weighted by Gasteiger charge is 2.12. The Morgan fingerprint density at radius 1 is 0.594 bits per heavy atom. The van der Waals surface area contributed by atoms with Crippen molar-refractivity contribution in [3.05, 3.63) is 72.3 Å². The molecule has 0 saturated carbocycles. The number of fused-ring (bicyclic) bond motifs is 7. The molecule has 5 rings (SSSR count). The van der Waals surface area contributed by atoms with E-state index in [4.69, 9.17) is 0 Å². The van der Waals surface area contributed by atoms with Crippen molar-refractivity contribution in [3.8, 4) is 0 Å². The molecule has 0 bridgehead atoms. The topological polar surface area (TPSA) is 4.93 Å². The van der Waals surface area contributed by atoms with Crippen LogP contribution in [0, 0.1) is 0 Å². The molecule has 0 atom stereocenters. The molecule has 1 aromatic heterocycles. The number of hydrogen-bond acceptors (Lipinski definition) is 0. The van der Waals surface area contributed by atoms with Crippen molar-refractivity contribution in [1.82, 2.24) is 4.57 Å². The molecule has 0 aliphatic carbocycles. The molecule has 1 heteroatoms. The van der Waals surface area contributed by atoms with Crippen molar-refractivity contribution in [2.75, 3.05) is 0 Å². The lowest BCUT2D eigenvalue weighted by Crippen LogP contribution is -1.90. The Morgan fingerprint density at radius 2 is 1.25 bits per heavy atom. The van der Waals surface area contributed by atoms with E-state index >= 15 is 0 Å². The highest BCUT2D eigenvalue weighted by molar-refractivity contribution is 6.22. The maximum atomic E-state index is 2.42. The summed E-state index contributed by atoms with van der Waals surface area (Å²) in [5.74, 6) is 0. The molecule has 1 nitrogen and oxygen atoms in total. The summed E-state index contributed by atoms with van der Waals surface area (Å²) in [6, 6.07) is 25.2. The number of para-hydroxylation sites is 1. The maximum Gasteiger partial charge on any atom is 0.0568 e. The first-order valence-corrected chi connectivity index (χ1v) is 12.6. The average molecular weight is 422 g/mol. The Morgan fingerprint density at radius 3 is 2.09 bits per heavy atom. The second-order valence-corrected chi connectivity index (χ2v) is 9.48. The second-order valence-electron chi connectivity index (χ2n) is 9.48. The van der Waals surface area contributed by atoms with Gasteiger partial charge in [0.25, 0.3) is 0 Å². The van der Waals surface area contributed by atoms with Gasteiger partial charge in [-0.1, -0.05) is 113 Å². The first kappa shape index (κ1) is 21.1. The molecule has 1 heterocycles. The monoisotopic (exact) mass is 421 g/mol. The van der Waals surface area contributed by atoms with Crippen LogP contribution in [0.25, 0.3) is 43.4 Å². The van der Waals surface area contributed by atoms with Gasteiger partial charge >= 0.3 is 0 Å². The fourth-order valence-corrected chi connectivity index (χ4v) is 5.49. The SMILES string of the molecule is CCCCCCCCCCc1ccc2c(ccc3c2ccc2c4ccccc4n(C)c32)c1. The van der Waals surface area contributed by atoms with Crippen LogP contribution in [0.2, 0.25) is 0 Å². The lowest BCUT2D eigenvalue weighted by Gasteiger charge is -2.09. The maximum absolute atomic E-state index is 2.42. The lowest BCUT2D eigenvalue weighted by atomic mass is 9.96. The standard InChI is InChI=1S/C31H35N/c1-3-4-5-6-7-8-9-10-13-23-16-18-25-24(22-23)17-19-28-26(25)20-21-29-27-14-11-12-15-30(27)32(2)31(28)29/h11-12,14-22H,3-10,13H2,1-2H3. The Balaban J connectivity index is 1.38. The van der Waals surface area contributed by atoms with Crippen LogP contribution in [0.1, 0.15) is 63.9 Å². The van der Waals surface area contributed by atoms with Gasteiger partial charge in [-0.25, -0.2) is 0 Å². The quantitative estimate of drug-likeness (QED) is 0.165. The van der Waals surface area contributed by atoms with E-state index in [9.17, 15) is 0 Å². The normalized spacial score (nSPS) is 11.9. The Labute approximate surface area is 192 Å². The third kappa shape index (κ3) is 3.90. The van der Waals surface area contributed by atoms with Gasteiger partial charge in [0, 0.05) is 28.7 Å². The third-order valence-corrected chi connectivity index (χ3v) is 7.26. The summed E-state index contributed by atoms with van der Waals surface area (Å²) in [7, 11) is 2.20. The van der Waals surface area contributed by atoms with Crippen molar-refractivity contribution < 1.29 is 0 Å². The first-order valence-electron chi connectivity index (χ1n) is 12.6. The van der Waals surface area contributed by atoms with Crippen LogP contribution >= 0.6 is 0 Å². The van der Waals surface area contributed by atoms with Crippen LogP contribution in [0.4, 0.5) is 0 Å². The van der Waals surface area contributed by atoms with Crippen LogP contribution in [-0.4, -0.2) is 4.57 Å². The number of aryl methyl sites for hydroxylation is 2. The van der Waals surface area contributed by atoms with E-state index in [1.165, 1.54) is 107 Å². The second kappa shape index (κ2) is 9.36. The van der Waals surface area contributed by atoms with Gasteiger partial charge in [-0.15, -0.1) is 0 Å². The van der Waals surface area contributed by atoms with Gasteiger partial charge in [-0.2, -0.15) is 0 Å². The van der Waals surface area contributed by atoms with E-state index in [0.29, 0.717) is 0 Å². The van der Waals surface area contributed by atoms with Crippen LogP contribution < -0.4 is 0 Å². The minimum Gasteiger partial charge on any atom is -0.343 e. The fraction of sp³-hybridized carbons (Fsp3) is 0.355. The van der Waals surface area contributed by atoms with E-state index in [1.807, 2.05) is 0 Å². The van der Waals surface area contributed by atoms with Crippen LogP contribution in [0.5, 0.6) is 0 Å². The first-order chi connectivity index (χ1) is 15.8. The molecular weight excluding hydrogens is 386 g/mol. The molecule has 0 aliphatic heterocycles. The summed E-state index contributed by atoms with van der Waals surface area (Å²) < 4.78 is 2.36. The summed E-state index contributed by atoms with van der Waals surface area (Å²) in [4.78, 5) is 0. The van der Waals surface area contributed by atoms with Crippen LogP contribution in [0.3, 0.4) is 0 Å². The molecule has 0 aliphatic rings. The van der Waals surface area contributed by atoms with Gasteiger partial charge in [0.05, 0.1) is 5.52 Å². The molecule has 164 valence electrons. The molecular formula is C31H35N. The number of benzene rings is 4. The number of unbranched alkanes of at least 4 members (excludes halogenated alkanes) is 7.